The molecule has 3 aromatic rings. The molecular formula is C16H15N5O2S. The molecule has 3 heterocycles. The molecule has 122 valence electrons. The van der Waals surface area contributed by atoms with Gasteiger partial charge in [-0.25, -0.2) is 9.97 Å². The predicted octanol–water partition coefficient (Wildman–Crippen LogP) is 3.03. The van der Waals surface area contributed by atoms with E-state index in [1.807, 2.05) is 13.8 Å². The van der Waals surface area contributed by atoms with Crippen molar-refractivity contribution in [2.75, 3.05) is 5.32 Å². The summed E-state index contributed by atoms with van der Waals surface area (Å²) in [6.45, 7) is 3.76. The minimum absolute atomic E-state index is 0.0745. The van der Waals surface area contributed by atoms with Gasteiger partial charge in [-0.1, -0.05) is 11.3 Å². The van der Waals surface area contributed by atoms with E-state index in [9.17, 15) is 4.79 Å². The number of carbonyl (C=O) groups is 1. The lowest BCUT2D eigenvalue weighted by Crippen LogP contribution is -2.16. The molecule has 24 heavy (non-hydrogen) atoms. The summed E-state index contributed by atoms with van der Waals surface area (Å²) in [5.74, 6) is -0.0190. The summed E-state index contributed by atoms with van der Waals surface area (Å²) in [6, 6.07) is 3.35. The summed E-state index contributed by atoms with van der Waals surface area (Å²) in [6.07, 6.45) is 8.03. The first-order chi connectivity index (χ1) is 11.6. The van der Waals surface area contributed by atoms with E-state index in [-0.39, 0.29) is 12.0 Å². The summed E-state index contributed by atoms with van der Waals surface area (Å²) in [7, 11) is 0. The standard InChI is InChI=1S/C16H15N5O2S/c1-10(2)23-15-11(4-3-5-19-15)14(22)21-16-20-9-13(24-16)12-8-17-6-7-18-12/h3-10H,1-2H3,(H,20,21,22). The number of hydrogen-bond acceptors (Lipinski definition) is 7. The van der Waals surface area contributed by atoms with Crippen molar-refractivity contribution in [2.45, 2.75) is 20.0 Å². The van der Waals surface area contributed by atoms with Gasteiger partial charge in [0.2, 0.25) is 5.88 Å². The van der Waals surface area contributed by atoms with Gasteiger partial charge in [-0.15, -0.1) is 0 Å². The summed E-state index contributed by atoms with van der Waals surface area (Å²) >= 11 is 1.32. The molecule has 0 aliphatic carbocycles. The largest absolute Gasteiger partial charge is 0.474 e. The molecule has 3 rings (SSSR count). The number of nitrogens with zero attached hydrogens (tertiary/aromatic N) is 4. The van der Waals surface area contributed by atoms with Crippen LogP contribution in [-0.4, -0.2) is 31.9 Å². The quantitative estimate of drug-likeness (QED) is 0.767. The van der Waals surface area contributed by atoms with Crippen LogP contribution in [0.2, 0.25) is 0 Å². The Morgan fingerprint density at radius 2 is 2.04 bits per heavy atom. The predicted molar refractivity (Wildman–Crippen MR) is 91.1 cm³/mol. The van der Waals surface area contributed by atoms with Crippen molar-refractivity contribution in [1.82, 2.24) is 19.9 Å². The number of aromatic nitrogens is 4. The molecule has 0 aliphatic heterocycles. The fraction of sp³-hybridized carbons (Fsp3) is 0.188. The lowest BCUT2D eigenvalue weighted by molar-refractivity contribution is 0.102. The van der Waals surface area contributed by atoms with Crippen molar-refractivity contribution in [3.05, 3.63) is 48.7 Å². The minimum Gasteiger partial charge on any atom is -0.474 e. The molecule has 7 nitrogen and oxygen atoms in total. The van der Waals surface area contributed by atoms with Crippen LogP contribution in [0.4, 0.5) is 5.13 Å². The third kappa shape index (κ3) is 3.72. The Kier molecular flexibility index (Phi) is 4.76. The molecule has 0 saturated heterocycles. The molecule has 0 atom stereocenters. The van der Waals surface area contributed by atoms with Gasteiger partial charge in [-0.2, -0.15) is 0 Å². The first-order valence-corrected chi connectivity index (χ1v) is 8.10. The number of nitrogens with one attached hydrogen (secondary N) is 1. The van der Waals surface area contributed by atoms with Crippen LogP contribution < -0.4 is 10.1 Å². The zero-order valence-electron chi connectivity index (χ0n) is 13.1. The zero-order valence-corrected chi connectivity index (χ0v) is 13.9. The number of thiazole rings is 1. The number of rotatable bonds is 5. The fourth-order valence-electron chi connectivity index (χ4n) is 1.92. The van der Waals surface area contributed by atoms with E-state index in [0.717, 1.165) is 4.88 Å². The van der Waals surface area contributed by atoms with Crippen LogP contribution in [0.15, 0.2) is 43.1 Å². The van der Waals surface area contributed by atoms with E-state index < -0.39 is 0 Å². The molecule has 0 fully saturated rings. The lowest BCUT2D eigenvalue weighted by Gasteiger charge is -2.11. The van der Waals surface area contributed by atoms with Gasteiger partial charge in [0.05, 0.1) is 17.2 Å². The second-order valence-electron chi connectivity index (χ2n) is 5.10. The van der Waals surface area contributed by atoms with E-state index >= 15 is 0 Å². The number of pyridine rings is 1. The van der Waals surface area contributed by atoms with Crippen LogP contribution in [0, 0.1) is 0 Å². The SMILES string of the molecule is CC(C)Oc1ncccc1C(=O)Nc1ncc(-c2cnccn2)s1. The number of anilines is 1. The van der Waals surface area contributed by atoms with Crippen LogP contribution in [-0.2, 0) is 0 Å². The van der Waals surface area contributed by atoms with E-state index in [1.54, 1.807) is 43.1 Å². The van der Waals surface area contributed by atoms with Crippen molar-refractivity contribution in [3.63, 3.8) is 0 Å². The van der Waals surface area contributed by atoms with Crippen LogP contribution in [0.25, 0.3) is 10.6 Å². The third-order valence-corrected chi connectivity index (χ3v) is 3.84. The van der Waals surface area contributed by atoms with E-state index in [2.05, 4.69) is 25.3 Å². The number of carbonyl (C=O) groups excluding carboxylic acids is 1. The monoisotopic (exact) mass is 341 g/mol. The maximum absolute atomic E-state index is 12.5. The van der Waals surface area contributed by atoms with Crippen molar-refractivity contribution in [1.29, 1.82) is 0 Å². The van der Waals surface area contributed by atoms with Crippen LogP contribution in [0.5, 0.6) is 5.88 Å². The normalized spacial score (nSPS) is 10.6. The fourth-order valence-corrected chi connectivity index (χ4v) is 2.69. The minimum atomic E-state index is -0.321. The van der Waals surface area contributed by atoms with Crippen molar-refractivity contribution in [2.24, 2.45) is 0 Å². The highest BCUT2D eigenvalue weighted by Crippen LogP contribution is 2.27. The summed E-state index contributed by atoms with van der Waals surface area (Å²) in [5, 5.41) is 3.23. The van der Waals surface area contributed by atoms with Crippen LogP contribution >= 0.6 is 11.3 Å². The van der Waals surface area contributed by atoms with Crippen LogP contribution in [0.3, 0.4) is 0 Å². The summed E-state index contributed by atoms with van der Waals surface area (Å²) in [5.41, 5.74) is 1.07. The van der Waals surface area contributed by atoms with Gasteiger partial charge in [-0.3, -0.25) is 20.1 Å². The van der Waals surface area contributed by atoms with Gasteiger partial charge in [0.1, 0.15) is 11.3 Å². The second kappa shape index (κ2) is 7.14. The maximum Gasteiger partial charge on any atom is 0.262 e. The highest BCUT2D eigenvalue weighted by Gasteiger charge is 2.16. The van der Waals surface area contributed by atoms with Gasteiger partial charge in [-0.05, 0) is 26.0 Å². The Morgan fingerprint density at radius 3 is 2.79 bits per heavy atom. The number of hydrogen-bond donors (Lipinski definition) is 1. The Morgan fingerprint density at radius 1 is 1.17 bits per heavy atom. The average molecular weight is 341 g/mol. The van der Waals surface area contributed by atoms with Gasteiger partial charge in [0.15, 0.2) is 5.13 Å². The zero-order chi connectivity index (χ0) is 16.9. The average Bonchev–Trinajstić information content (AvgIpc) is 3.04. The van der Waals surface area contributed by atoms with Gasteiger partial charge in [0.25, 0.3) is 5.91 Å². The topological polar surface area (TPSA) is 89.9 Å². The Hall–Kier alpha value is -2.87. The molecule has 8 heteroatoms. The van der Waals surface area contributed by atoms with E-state index in [1.165, 1.54) is 11.3 Å². The molecule has 0 radical (unpaired) electrons. The smallest absolute Gasteiger partial charge is 0.262 e. The first-order valence-electron chi connectivity index (χ1n) is 7.28. The molecule has 0 saturated carbocycles. The molecular weight excluding hydrogens is 326 g/mol. The van der Waals surface area contributed by atoms with E-state index in [4.69, 9.17) is 4.74 Å². The highest BCUT2D eigenvalue weighted by molar-refractivity contribution is 7.19. The number of ether oxygens (including phenoxy) is 1. The van der Waals surface area contributed by atoms with Crippen molar-refractivity contribution < 1.29 is 9.53 Å². The van der Waals surface area contributed by atoms with Crippen molar-refractivity contribution >= 4 is 22.4 Å². The third-order valence-electron chi connectivity index (χ3n) is 2.90. The lowest BCUT2D eigenvalue weighted by atomic mass is 10.2. The Bertz CT molecular complexity index is 835. The molecule has 0 unspecified atom stereocenters. The molecule has 3 aromatic heterocycles. The summed E-state index contributed by atoms with van der Waals surface area (Å²) in [4.78, 5) is 29.8. The molecule has 0 aliphatic rings. The van der Waals surface area contributed by atoms with Crippen LogP contribution in [0.1, 0.15) is 24.2 Å². The number of amides is 1. The summed E-state index contributed by atoms with van der Waals surface area (Å²) < 4.78 is 5.57. The van der Waals surface area contributed by atoms with Gasteiger partial charge < -0.3 is 4.74 Å². The molecule has 0 spiro atoms. The van der Waals surface area contributed by atoms with Gasteiger partial charge >= 0.3 is 0 Å². The molecule has 1 amide bonds. The van der Waals surface area contributed by atoms with Crippen molar-refractivity contribution in [3.8, 4) is 16.5 Å². The maximum atomic E-state index is 12.5. The second-order valence-corrected chi connectivity index (χ2v) is 6.13. The molecule has 1 N–H and O–H groups in total. The molecule has 0 aromatic carbocycles. The Balaban J connectivity index is 1.78. The molecule has 0 bridgehead atoms. The highest BCUT2D eigenvalue weighted by atomic mass is 32.1. The van der Waals surface area contributed by atoms with E-state index in [0.29, 0.717) is 22.3 Å². The van der Waals surface area contributed by atoms with Gasteiger partial charge in [0, 0.05) is 24.8 Å². The first kappa shape index (κ1) is 16.0. The Labute approximate surface area is 142 Å².